The zero-order chi connectivity index (χ0) is 15.7. The third kappa shape index (κ3) is 3.98. The molecule has 1 aliphatic carbocycles. The van der Waals surface area contributed by atoms with E-state index in [0.717, 1.165) is 51.5 Å². The predicted octanol–water partition coefficient (Wildman–Crippen LogP) is 4.01. The Balaban J connectivity index is 0.00000192. The van der Waals surface area contributed by atoms with Gasteiger partial charge in [0, 0.05) is 32.2 Å². The minimum absolute atomic E-state index is 0. The number of benzene rings is 1. The van der Waals surface area contributed by atoms with Crippen LogP contribution in [0.3, 0.4) is 0 Å². The summed E-state index contributed by atoms with van der Waals surface area (Å²) >= 11 is 0. The van der Waals surface area contributed by atoms with Crippen LogP contribution in [0.25, 0.3) is 0 Å². The number of halogens is 5. The second-order valence-corrected chi connectivity index (χ2v) is 6.15. The molecule has 0 aromatic heterocycles. The molecule has 2 nitrogen and oxygen atoms in total. The van der Waals surface area contributed by atoms with Crippen molar-refractivity contribution in [2.75, 3.05) is 26.2 Å². The lowest BCUT2D eigenvalue weighted by Crippen LogP contribution is -2.48. The molecule has 1 aromatic rings. The summed E-state index contributed by atoms with van der Waals surface area (Å²) in [6.07, 6.45) is -1.56. The number of hydrogen-bond acceptors (Lipinski definition) is 2. The van der Waals surface area contributed by atoms with Gasteiger partial charge in [0.2, 0.25) is 0 Å². The first kappa shape index (κ1) is 18.5. The maximum absolute atomic E-state index is 13.4. The highest BCUT2D eigenvalue weighted by Crippen LogP contribution is 2.45. The Bertz CT molecular complexity index is 525. The Labute approximate surface area is 139 Å². The van der Waals surface area contributed by atoms with Gasteiger partial charge in [-0.1, -0.05) is 12.5 Å². The number of nitrogens with one attached hydrogen (secondary N) is 1. The van der Waals surface area contributed by atoms with E-state index in [0.29, 0.717) is 6.07 Å². The molecular weight excluding hydrogens is 332 g/mol. The van der Waals surface area contributed by atoms with E-state index < -0.39 is 17.6 Å². The molecule has 0 unspecified atom stereocenters. The molecule has 7 heteroatoms. The largest absolute Gasteiger partial charge is 0.416 e. The van der Waals surface area contributed by atoms with Crippen molar-refractivity contribution in [1.29, 1.82) is 0 Å². The van der Waals surface area contributed by atoms with Gasteiger partial charge >= 0.3 is 6.18 Å². The SMILES string of the molecule is Cl.Fc1ccc([C@@H](C2CCC2)N2CCNCC2)c(C(F)(F)F)c1. The van der Waals surface area contributed by atoms with Crippen molar-refractivity contribution in [2.24, 2.45) is 5.92 Å². The quantitative estimate of drug-likeness (QED) is 0.827. The summed E-state index contributed by atoms with van der Waals surface area (Å²) in [5.41, 5.74) is -0.580. The van der Waals surface area contributed by atoms with Crippen molar-refractivity contribution in [2.45, 2.75) is 31.5 Å². The summed E-state index contributed by atoms with van der Waals surface area (Å²) in [5, 5.41) is 3.23. The molecule has 3 rings (SSSR count). The Kier molecular flexibility index (Phi) is 5.92. The molecule has 0 bridgehead atoms. The first-order valence-corrected chi connectivity index (χ1v) is 7.78. The smallest absolute Gasteiger partial charge is 0.314 e. The number of rotatable bonds is 3. The molecule has 0 radical (unpaired) electrons. The molecule has 1 heterocycles. The lowest BCUT2D eigenvalue weighted by molar-refractivity contribution is -0.139. The topological polar surface area (TPSA) is 15.3 Å². The monoisotopic (exact) mass is 352 g/mol. The van der Waals surface area contributed by atoms with E-state index in [2.05, 4.69) is 10.2 Å². The van der Waals surface area contributed by atoms with E-state index in [1.807, 2.05) is 0 Å². The summed E-state index contributed by atoms with van der Waals surface area (Å²) in [7, 11) is 0. The lowest BCUT2D eigenvalue weighted by Gasteiger charge is -2.44. The van der Waals surface area contributed by atoms with Crippen LogP contribution in [0.15, 0.2) is 18.2 Å². The first-order chi connectivity index (χ1) is 10.5. The normalized spacial score (nSPS) is 21.4. The molecule has 1 aromatic carbocycles. The van der Waals surface area contributed by atoms with Gasteiger partial charge < -0.3 is 5.32 Å². The van der Waals surface area contributed by atoms with Crippen molar-refractivity contribution in [3.63, 3.8) is 0 Å². The fourth-order valence-corrected chi connectivity index (χ4v) is 3.50. The average molecular weight is 353 g/mol. The van der Waals surface area contributed by atoms with Gasteiger partial charge in [0.1, 0.15) is 5.82 Å². The Morgan fingerprint density at radius 2 is 1.78 bits per heavy atom. The molecule has 23 heavy (non-hydrogen) atoms. The van der Waals surface area contributed by atoms with Crippen LogP contribution in [0.2, 0.25) is 0 Å². The molecule has 1 atom stereocenters. The highest BCUT2D eigenvalue weighted by atomic mass is 35.5. The predicted molar refractivity (Wildman–Crippen MR) is 83.2 cm³/mol. The molecule has 2 fully saturated rings. The maximum atomic E-state index is 13.4. The van der Waals surface area contributed by atoms with E-state index in [9.17, 15) is 17.6 Å². The van der Waals surface area contributed by atoms with Crippen LogP contribution in [0, 0.1) is 11.7 Å². The summed E-state index contributed by atoms with van der Waals surface area (Å²) < 4.78 is 53.4. The van der Waals surface area contributed by atoms with Crippen LogP contribution in [0.5, 0.6) is 0 Å². The van der Waals surface area contributed by atoms with E-state index in [1.165, 1.54) is 6.07 Å². The standard InChI is InChI=1S/C16H20F4N2.ClH/c17-12-4-5-13(14(10-12)16(18,19)20)15(11-2-1-3-11)22-8-6-21-7-9-22;/h4-5,10-11,15,21H,1-3,6-9H2;1H/t15-;/m1./s1. The second-order valence-electron chi connectivity index (χ2n) is 6.15. The molecule has 1 aliphatic heterocycles. The summed E-state index contributed by atoms with van der Waals surface area (Å²) in [6, 6.07) is 2.87. The molecule has 0 spiro atoms. The van der Waals surface area contributed by atoms with Crippen LogP contribution in [0.4, 0.5) is 17.6 Å². The van der Waals surface area contributed by atoms with Gasteiger partial charge in [0.15, 0.2) is 0 Å². The third-order valence-electron chi connectivity index (χ3n) is 4.78. The summed E-state index contributed by atoms with van der Waals surface area (Å²) in [4.78, 5) is 2.13. The molecule has 1 saturated carbocycles. The molecule has 130 valence electrons. The third-order valence-corrected chi connectivity index (χ3v) is 4.78. The van der Waals surface area contributed by atoms with Crippen molar-refractivity contribution in [3.05, 3.63) is 35.1 Å². The maximum Gasteiger partial charge on any atom is 0.416 e. The van der Waals surface area contributed by atoms with Crippen molar-refractivity contribution in [1.82, 2.24) is 10.2 Å². The first-order valence-electron chi connectivity index (χ1n) is 7.78. The van der Waals surface area contributed by atoms with Crippen molar-refractivity contribution < 1.29 is 17.6 Å². The highest BCUT2D eigenvalue weighted by molar-refractivity contribution is 5.85. The van der Waals surface area contributed by atoms with E-state index in [4.69, 9.17) is 0 Å². The molecule has 1 saturated heterocycles. The molecule has 1 N–H and O–H groups in total. The van der Waals surface area contributed by atoms with Gasteiger partial charge in [-0.3, -0.25) is 4.90 Å². The zero-order valence-electron chi connectivity index (χ0n) is 12.7. The number of hydrogen-bond donors (Lipinski definition) is 1. The van der Waals surface area contributed by atoms with Crippen LogP contribution < -0.4 is 5.32 Å². The zero-order valence-corrected chi connectivity index (χ0v) is 13.5. The number of piperazine rings is 1. The van der Waals surface area contributed by atoms with Crippen molar-refractivity contribution in [3.8, 4) is 0 Å². The minimum atomic E-state index is -4.52. The molecular formula is C16H21ClF4N2. The van der Waals surface area contributed by atoms with Crippen LogP contribution in [-0.2, 0) is 6.18 Å². The Morgan fingerprint density at radius 3 is 2.30 bits per heavy atom. The van der Waals surface area contributed by atoms with Gasteiger partial charge in [-0.15, -0.1) is 12.4 Å². The lowest BCUT2D eigenvalue weighted by atomic mass is 9.75. The Morgan fingerprint density at radius 1 is 1.13 bits per heavy atom. The summed E-state index contributed by atoms with van der Waals surface area (Å²) in [5.74, 6) is -0.589. The fraction of sp³-hybridized carbons (Fsp3) is 0.625. The fourth-order valence-electron chi connectivity index (χ4n) is 3.50. The van der Waals surface area contributed by atoms with Crippen LogP contribution in [-0.4, -0.2) is 31.1 Å². The molecule has 0 amide bonds. The Hall–Kier alpha value is -0.850. The van der Waals surface area contributed by atoms with Gasteiger partial charge in [0.05, 0.1) is 5.56 Å². The molecule has 2 aliphatic rings. The highest BCUT2D eigenvalue weighted by Gasteiger charge is 2.41. The van der Waals surface area contributed by atoms with Gasteiger partial charge in [-0.25, -0.2) is 4.39 Å². The number of nitrogens with zero attached hydrogens (tertiary/aromatic N) is 1. The van der Waals surface area contributed by atoms with Gasteiger partial charge in [0.25, 0.3) is 0 Å². The van der Waals surface area contributed by atoms with E-state index >= 15 is 0 Å². The van der Waals surface area contributed by atoms with Gasteiger partial charge in [-0.2, -0.15) is 13.2 Å². The second kappa shape index (κ2) is 7.36. The minimum Gasteiger partial charge on any atom is -0.314 e. The number of alkyl halides is 3. The van der Waals surface area contributed by atoms with Crippen LogP contribution in [0.1, 0.15) is 36.4 Å². The van der Waals surface area contributed by atoms with Crippen LogP contribution >= 0.6 is 12.4 Å². The van der Waals surface area contributed by atoms with Crippen molar-refractivity contribution >= 4 is 12.4 Å². The van der Waals surface area contributed by atoms with E-state index in [1.54, 1.807) is 0 Å². The van der Waals surface area contributed by atoms with Gasteiger partial charge in [-0.05, 0) is 36.5 Å². The summed E-state index contributed by atoms with van der Waals surface area (Å²) in [6.45, 7) is 3.03. The van der Waals surface area contributed by atoms with E-state index in [-0.39, 0.29) is 29.9 Å². The average Bonchev–Trinajstić information content (AvgIpc) is 2.43.